The zero-order valence-corrected chi connectivity index (χ0v) is 10.9. The number of hydrogen-bond donors (Lipinski definition) is 1. The third-order valence-electron chi connectivity index (χ3n) is 3.67. The molecule has 7 heteroatoms. The van der Waals surface area contributed by atoms with Gasteiger partial charge in [0.1, 0.15) is 5.54 Å². The van der Waals surface area contributed by atoms with Crippen LogP contribution in [-0.4, -0.2) is 39.0 Å². The predicted octanol–water partition coefficient (Wildman–Crippen LogP) is 1.83. The van der Waals surface area contributed by atoms with Crippen LogP contribution in [0.4, 0.5) is 8.78 Å². The van der Waals surface area contributed by atoms with Crippen molar-refractivity contribution in [3.05, 3.63) is 29.6 Å². The SMILES string of the molecule is CC1(C(=O)O)CCCCN1C(=O)c1ccnc(F)c1F. The number of rotatable bonds is 2. The Morgan fingerprint density at radius 3 is 2.75 bits per heavy atom. The highest BCUT2D eigenvalue weighted by Gasteiger charge is 2.44. The van der Waals surface area contributed by atoms with Gasteiger partial charge in [-0.2, -0.15) is 4.39 Å². The number of carbonyl (C=O) groups excluding carboxylic acids is 1. The van der Waals surface area contributed by atoms with Gasteiger partial charge in [0.25, 0.3) is 5.91 Å². The molecular formula is C13H14F2N2O3. The molecule has 1 aromatic heterocycles. The molecule has 1 amide bonds. The van der Waals surface area contributed by atoms with E-state index in [4.69, 9.17) is 0 Å². The molecule has 20 heavy (non-hydrogen) atoms. The Morgan fingerprint density at radius 1 is 1.40 bits per heavy atom. The third-order valence-corrected chi connectivity index (χ3v) is 3.67. The Hall–Kier alpha value is -2.05. The van der Waals surface area contributed by atoms with Gasteiger partial charge in [0.15, 0.2) is 5.82 Å². The quantitative estimate of drug-likeness (QED) is 0.841. The zero-order valence-electron chi connectivity index (χ0n) is 10.9. The topological polar surface area (TPSA) is 70.5 Å². The van der Waals surface area contributed by atoms with Gasteiger partial charge in [-0.15, -0.1) is 0 Å². The highest BCUT2D eigenvalue weighted by Crippen LogP contribution is 2.30. The minimum atomic E-state index is -1.40. The number of carbonyl (C=O) groups is 2. The summed E-state index contributed by atoms with van der Waals surface area (Å²) >= 11 is 0. The van der Waals surface area contributed by atoms with Crippen LogP contribution < -0.4 is 0 Å². The van der Waals surface area contributed by atoms with Gasteiger partial charge in [0.05, 0.1) is 5.56 Å². The van der Waals surface area contributed by atoms with E-state index in [1.165, 1.54) is 6.92 Å². The van der Waals surface area contributed by atoms with Gasteiger partial charge in [0, 0.05) is 12.7 Å². The molecule has 1 saturated heterocycles. The van der Waals surface area contributed by atoms with Crippen molar-refractivity contribution in [2.24, 2.45) is 0 Å². The molecule has 2 heterocycles. The summed E-state index contributed by atoms with van der Waals surface area (Å²) < 4.78 is 26.7. The highest BCUT2D eigenvalue weighted by atomic mass is 19.2. The van der Waals surface area contributed by atoms with Gasteiger partial charge in [0.2, 0.25) is 5.95 Å². The lowest BCUT2D eigenvalue weighted by Gasteiger charge is -2.41. The lowest BCUT2D eigenvalue weighted by molar-refractivity contribution is -0.150. The summed E-state index contributed by atoms with van der Waals surface area (Å²) in [7, 11) is 0. The van der Waals surface area contributed by atoms with Crippen molar-refractivity contribution in [1.82, 2.24) is 9.88 Å². The number of amides is 1. The fourth-order valence-corrected chi connectivity index (χ4v) is 2.40. The van der Waals surface area contributed by atoms with Gasteiger partial charge >= 0.3 is 5.97 Å². The van der Waals surface area contributed by atoms with Crippen LogP contribution in [0.25, 0.3) is 0 Å². The summed E-state index contributed by atoms with van der Waals surface area (Å²) in [4.78, 5) is 27.9. The third kappa shape index (κ3) is 2.23. The van der Waals surface area contributed by atoms with E-state index in [-0.39, 0.29) is 13.0 Å². The molecule has 108 valence electrons. The summed E-state index contributed by atoms with van der Waals surface area (Å²) in [5, 5.41) is 9.31. The molecule has 1 N–H and O–H groups in total. The van der Waals surface area contributed by atoms with Gasteiger partial charge in [-0.3, -0.25) is 4.79 Å². The number of carboxylic acid groups (broad SMARTS) is 1. The number of piperidine rings is 1. The van der Waals surface area contributed by atoms with Crippen molar-refractivity contribution in [2.75, 3.05) is 6.54 Å². The fourth-order valence-electron chi connectivity index (χ4n) is 2.40. The molecule has 1 atom stereocenters. The maximum atomic E-state index is 13.6. The fraction of sp³-hybridized carbons (Fsp3) is 0.462. The van der Waals surface area contributed by atoms with Gasteiger partial charge in [-0.1, -0.05) is 0 Å². The molecule has 1 unspecified atom stereocenters. The molecule has 0 saturated carbocycles. The summed E-state index contributed by atoms with van der Waals surface area (Å²) in [6.45, 7) is 1.62. The van der Waals surface area contributed by atoms with Gasteiger partial charge < -0.3 is 10.0 Å². The number of pyridine rings is 1. The number of hydrogen-bond acceptors (Lipinski definition) is 3. The van der Waals surface area contributed by atoms with Crippen LogP contribution in [0.3, 0.4) is 0 Å². The maximum absolute atomic E-state index is 13.6. The maximum Gasteiger partial charge on any atom is 0.329 e. The van der Waals surface area contributed by atoms with E-state index < -0.39 is 34.7 Å². The minimum absolute atomic E-state index is 0.199. The van der Waals surface area contributed by atoms with E-state index in [0.29, 0.717) is 12.8 Å². The summed E-state index contributed by atoms with van der Waals surface area (Å²) in [5.41, 5.74) is -1.89. The molecule has 1 fully saturated rings. The van der Waals surface area contributed by atoms with Crippen LogP contribution in [0, 0.1) is 11.8 Å². The van der Waals surface area contributed by atoms with Crippen molar-refractivity contribution in [3.8, 4) is 0 Å². The molecule has 1 aliphatic rings. The van der Waals surface area contributed by atoms with Crippen LogP contribution in [0.15, 0.2) is 12.3 Å². The first-order valence-electron chi connectivity index (χ1n) is 6.23. The van der Waals surface area contributed by atoms with Crippen LogP contribution in [0.5, 0.6) is 0 Å². The van der Waals surface area contributed by atoms with E-state index in [1.807, 2.05) is 0 Å². The molecule has 0 aliphatic carbocycles. The Balaban J connectivity index is 2.40. The van der Waals surface area contributed by atoms with Gasteiger partial charge in [-0.05, 0) is 32.3 Å². The van der Waals surface area contributed by atoms with E-state index in [2.05, 4.69) is 4.98 Å². The largest absolute Gasteiger partial charge is 0.480 e. The molecule has 1 aromatic rings. The smallest absolute Gasteiger partial charge is 0.329 e. The zero-order chi connectivity index (χ0) is 14.9. The van der Waals surface area contributed by atoms with Crippen molar-refractivity contribution >= 4 is 11.9 Å². The Bertz CT molecular complexity index is 565. The predicted molar refractivity (Wildman–Crippen MR) is 65.1 cm³/mol. The van der Waals surface area contributed by atoms with Crippen LogP contribution in [0.2, 0.25) is 0 Å². The summed E-state index contributed by atoms with van der Waals surface area (Å²) in [6.07, 6.45) is 2.56. The first kappa shape index (κ1) is 14.4. The Labute approximate surface area is 114 Å². The molecule has 0 bridgehead atoms. The Kier molecular flexibility index (Phi) is 3.69. The second kappa shape index (κ2) is 5.15. The number of carboxylic acids is 1. The van der Waals surface area contributed by atoms with Gasteiger partial charge in [-0.25, -0.2) is 14.2 Å². The number of likely N-dealkylation sites (tertiary alicyclic amines) is 1. The monoisotopic (exact) mass is 284 g/mol. The van der Waals surface area contributed by atoms with Crippen LogP contribution in [-0.2, 0) is 4.79 Å². The van der Waals surface area contributed by atoms with Crippen LogP contribution >= 0.6 is 0 Å². The van der Waals surface area contributed by atoms with Crippen molar-refractivity contribution in [1.29, 1.82) is 0 Å². The van der Waals surface area contributed by atoms with E-state index in [9.17, 15) is 23.5 Å². The Morgan fingerprint density at radius 2 is 2.10 bits per heavy atom. The second-order valence-electron chi connectivity index (χ2n) is 4.96. The number of aliphatic carboxylic acids is 1. The molecule has 0 aromatic carbocycles. The molecule has 1 aliphatic heterocycles. The normalized spacial score (nSPS) is 22.6. The molecular weight excluding hydrogens is 270 g/mol. The number of nitrogens with zero attached hydrogens (tertiary/aromatic N) is 2. The average molecular weight is 284 g/mol. The summed E-state index contributed by atoms with van der Waals surface area (Å²) in [5.74, 6) is -4.70. The first-order valence-corrected chi connectivity index (χ1v) is 6.23. The second-order valence-corrected chi connectivity index (χ2v) is 4.96. The van der Waals surface area contributed by atoms with E-state index in [1.54, 1.807) is 0 Å². The van der Waals surface area contributed by atoms with Crippen molar-refractivity contribution in [2.45, 2.75) is 31.7 Å². The van der Waals surface area contributed by atoms with E-state index in [0.717, 1.165) is 17.2 Å². The van der Waals surface area contributed by atoms with E-state index >= 15 is 0 Å². The van der Waals surface area contributed by atoms with Crippen molar-refractivity contribution in [3.63, 3.8) is 0 Å². The average Bonchev–Trinajstić information content (AvgIpc) is 2.41. The van der Waals surface area contributed by atoms with Crippen molar-refractivity contribution < 1.29 is 23.5 Å². The van der Waals surface area contributed by atoms with Crippen LogP contribution in [0.1, 0.15) is 36.5 Å². The first-order chi connectivity index (χ1) is 9.38. The molecule has 0 radical (unpaired) electrons. The number of aromatic nitrogens is 1. The highest BCUT2D eigenvalue weighted by molar-refractivity contribution is 5.98. The molecule has 5 nitrogen and oxygen atoms in total. The lowest BCUT2D eigenvalue weighted by atomic mass is 9.88. The molecule has 0 spiro atoms. The number of halogens is 2. The standard InChI is InChI=1S/C13H14F2N2O3/c1-13(12(19)20)5-2-3-7-17(13)11(18)8-4-6-16-10(15)9(8)14/h4,6H,2-3,5,7H2,1H3,(H,19,20). The lowest BCUT2D eigenvalue weighted by Crippen LogP contribution is -2.57. The minimum Gasteiger partial charge on any atom is -0.480 e. The summed E-state index contributed by atoms with van der Waals surface area (Å²) in [6, 6.07) is 1.05. The molecule has 2 rings (SSSR count).